The summed E-state index contributed by atoms with van der Waals surface area (Å²) in [5.41, 5.74) is 9.37. The third-order valence-electron chi connectivity index (χ3n) is 3.07. The van der Waals surface area contributed by atoms with Crippen molar-refractivity contribution in [2.24, 2.45) is 0 Å². The molecule has 2 aromatic rings. The van der Waals surface area contributed by atoms with E-state index in [2.05, 4.69) is 10.3 Å². The second-order valence-corrected chi connectivity index (χ2v) is 4.58. The molecule has 0 radical (unpaired) electrons. The number of ether oxygens (including phenoxy) is 2. The van der Waals surface area contributed by atoms with E-state index in [0.29, 0.717) is 5.69 Å². The lowest BCUT2D eigenvalue weighted by molar-refractivity contribution is 0.174. The maximum absolute atomic E-state index is 5.70. The fourth-order valence-corrected chi connectivity index (χ4v) is 2.03. The van der Waals surface area contributed by atoms with Gasteiger partial charge < -0.3 is 20.5 Å². The van der Waals surface area contributed by atoms with E-state index in [1.54, 1.807) is 6.20 Å². The molecule has 1 aromatic carbocycles. The number of nitrogens with two attached hydrogens (primary N) is 1. The molecule has 0 bridgehead atoms. The first-order chi connectivity index (χ1) is 9.13. The van der Waals surface area contributed by atoms with Crippen molar-refractivity contribution in [3.63, 3.8) is 0 Å². The van der Waals surface area contributed by atoms with Crippen molar-refractivity contribution in [1.29, 1.82) is 0 Å². The Bertz CT molecular complexity index is 641. The van der Waals surface area contributed by atoms with Gasteiger partial charge in [0.1, 0.15) is 5.82 Å². The first-order valence-electron chi connectivity index (χ1n) is 6.03. The molecule has 98 valence electrons. The van der Waals surface area contributed by atoms with E-state index in [1.165, 1.54) is 0 Å². The molecule has 1 aliphatic heterocycles. The minimum absolute atomic E-state index is 0.275. The highest BCUT2D eigenvalue weighted by molar-refractivity contribution is 5.68. The Balaban J connectivity index is 1.95. The minimum atomic E-state index is 0.275. The molecule has 0 saturated heterocycles. The Kier molecular flexibility index (Phi) is 2.67. The summed E-state index contributed by atoms with van der Waals surface area (Å²) in [4.78, 5) is 4.30. The number of benzene rings is 1. The molecule has 1 aromatic heterocycles. The Labute approximate surface area is 111 Å². The van der Waals surface area contributed by atoms with Crippen LogP contribution >= 0.6 is 0 Å². The molecule has 3 rings (SSSR count). The van der Waals surface area contributed by atoms with Crippen molar-refractivity contribution in [3.05, 3.63) is 35.5 Å². The Morgan fingerprint density at radius 1 is 1.11 bits per heavy atom. The first-order valence-corrected chi connectivity index (χ1v) is 6.03. The lowest BCUT2D eigenvalue weighted by atomic mass is 10.1. The smallest absolute Gasteiger partial charge is 0.231 e. The van der Waals surface area contributed by atoms with Crippen LogP contribution in [-0.2, 0) is 0 Å². The van der Waals surface area contributed by atoms with Crippen molar-refractivity contribution in [1.82, 2.24) is 4.98 Å². The van der Waals surface area contributed by atoms with Crippen LogP contribution in [0, 0.1) is 13.8 Å². The first kappa shape index (κ1) is 11.6. The van der Waals surface area contributed by atoms with Gasteiger partial charge in [-0.05, 0) is 37.1 Å². The minimum Gasteiger partial charge on any atom is -0.454 e. The number of aromatic nitrogens is 1. The van der Waals surface area contributed by atoms with E-state index < -0.39 is 0 Å². The van der Waals surface area contributed by atoms with Crippen LogP contribution in [0.3, 0.4) is 0 Å². The van der Waals surface area contributed by atoms with E-state index in [9.17, 15) is 0 Å². The van der Waals surface area contributed by atoms with Crippen LogP contribution in [0.4, 0.5) is 17.2 Å². The number of nitrogens with one attached hydrogen (secondary N) is 1. The van der Waals surface area contributed by atoms with Gasteiger partial charge in [-0.15, -0.1) is 0 Å². The number of fused-ring (bicyclic) bond motifs is 1. The average Bonchev–Trinajstić information content (AvgIpc) is 2.80. The van der Waals surface area contributed by atoms with Gasteiger partial charge in [-0.2, -0.15) is 0 Å². The normalized spacial score (nSPS) is 12.5. The fraction of sp³-hybridized carbons (Fsp3) is 0.214. The van der Waals surface area contributed by atoms with E-state index in [4.69, 9.17) is 15.2 Å². The molecule has 0 unspecified atom stereocenters. The second kappa shape index (κ2) is 4.35. The lowest BCUT2D eigenvalue weighted by Crippen LogP contribution is -1.99. The van der Waals surface area contributed by atoms with Gasteiger partial charge in [0, 0.05) is 11.8 Å². The zero-order valence-corrected chi connectivity index (χ0v) is 10.9. The van der Waals surface area contributed by atoms with Gasteiger partial charge in [-0.3, -0.25) is 0 Å². The number of hydrogen-bond donors (Lipinski definition) is 2. The Morgan fingerprint density at radius 3 is 2.58 bits per heavy atom. The monoisotopic (exact) mass is 257 g/mol. The van der Waals surface area contributed by atoms with Crippen LogP contribution in [0.5, 0.6) is 11.5 Å². The van der Waals surface area contributed by atoms with Gasteiger partial charge in [0.25, 0.3) is 0 Å². The van der Waals surface area contributed by atoms with E-state index in [1.807, 2.05) is 32.0 Å². The van der Waals surface area contributed by atoms with Gasteiger partial charge in [0.2, 0.25) is 6.79 Å². The zero-order valence-electron chi connectivity index (χ0n) is 10.9. The molecule has 0 atom stereocenters. The maximum Gasteiger partial charge on any atom is 0.231 e. The van der Waals surface area contributed by atoms with E-state index in [0.717, 1.165) is 34.1 Å². The van der Waals surface area contributed by atoms with Crippen LogP contribution in [0.1, 0.15) is 11.1 Å². The summed E-state index contributed by atoms with van der Waals surface area (Å²) < 4.78 is 10.7. The molecule has 19 heavy (non-hydrogen) atoms. The molecule has 3 N–H and O–H groups in total. The van der Waals surface area contributed by atoms with Gasteiger partial charge in [-0.25, -0.2) is 4.98 Å². The molecule has 0 saturated carbocycles. The molecule has 0 spiro atoms. The average molecular weight is 257 g/mol. The quantitative estimate of drug-likeness (QED) is 0.865. The number of hydrogen-bond acceptors (Lipinski definition) is 5. The summed E-state index contributed by atoms with van der Waals surface area (Å²) in [5, 5.41) is 3.30. The van der Waals surface area contributed by atoms with Crippen LogP contribution in [0.15, 0.2) is 24.4 Å². The lowest BCUT2D eigenvalue weighted by Gasteiger charge is -2.12. The highest BCUT2D eigenvalue weighted by Crippen LogP contribution is 2.37. The molecule has 5 nitrogen and oxygen atoms in total. The van der Waals surface area contributed by atoms with Gasteiger partial charge in [0.05, 0.1) is 11.9 Å². The van der Waals surface area contributed by atoms with Crippen molar-refractivity contribution in [2.45, 2.75) is 13.8 Å². The van der Waals surface area contributed by atoms with Crippen molar-refractivity contribution >= 4 is 17.2 Å². The molecular weight excluding hydrogens is 242 g/mol. The van der Waals surface area contributed by atoms with E-state index in [-0.39, 0.29) is 6.79 Å². The summed E-state index contributed by atoms with van der Waals surface area (Å²) >= 11 is 0. The highest BCUT2D eigenvalue weighted by atomic mass is 16.7. The number of rotatable bonds is 2. The predicted octanol–water partition coefficient (Wildman–Crippen LogP) is 2.75. The summed E-state index contributed by atoms with van der Waals surface area (Å²) in [7, 11) is 0. The zero-order chi connectivity index (χ0) is 13.4. The standard InChI is InChI=1S/C14H15N3O2/c1-8-4-12-13(19-7-18-12)5-11(8)17-14-9(2)3-10(15)6-16-14/h3-6H,7,15H2,1-2H3,(H,16,17). The summed E-state index contributed by atoms with van der Waals surface area (Å²) in [5.74, 6) is 2.32. The highest BCUT2D eigenvalue weighted by Gasteiger charge is 2.16. The molecule has 5 heteroatoms. The summed E-state index contributed by atoms with van der Waals surface area (Å²) in [6.45, 7) is 4.25. The van der Waals surface area contributed by atoms with Crippen molar-refractivity contribution < 1.29 is 9.47 Å². The largest absolute Gasteiger partial charge is 0.454 e. The Morgan fingerprint density at radius 2 is 1.84 bits per heavy atom. The molecule has 1 aliphatic rings. The molecule has 0 aliphatic carbocycles. The summed E-state index contributed by atoms with van der Waals surface area (Å²) in [6, 6.07) is 5.77. The third kappa shape index (κ3) is 2.14. The number of anilines is 3. The SMILES string of the molecule is Cc1cc2c(cc1Nc1ncc(N)cc1C)OCO2. The third-order valence-corrected chi connectivity index (χ3v) is 3.07. The van der Waals surface area contributed by atoms with Gasteiger partial charge in [0.15, 0.2) is 11.5 Å². The molecule has 0 fully saturated rings. The van der Waals surface area contributed by atoms with Crippen LogP contribution in [-0.4, -0.2) is 11.8 Å². The fourth-order valence-electron chi connectivity index (χ4n) is 2.03. The topological polar surface area (TPSA) is 69.4 Å². The number of nitrogen functional groups attached to an aromatic ring is 1. The van der Waals surface area contributed by atoms with Crippen LogP contribution < -0.4 is 20.5 Å². The van der Waals surface area contributed by atoms with Crippen LogP contribution in [0.2, 0.25) is 0 Å². The molecular formula is C14H15N3O2. The predicted molar refractivity (Wildman–Crippen MR) is 74.0 cm³/mol. The number of nitrogens with zero attached hydrogens (tertiary/aromatic N) is 1. The van der Waals surface area contributed by atoms with Crippen molar-refractivity contribution in [3.8, 4) is 11.5 Å². The molecule has 2 heterocycles. The second-order valence-electron chi connectivity index (χ2n) is 4.58. The summed E-state index contributed by atoms with van der Waals surface area (Å²) in [6.07, 6.45) is 1.64. The Hall–Kier alpha value is -2.43. The maximum atomic E-state index is 5.70. The number of aryl methyl sites for hydroxylation is 2. The van der Waals surface area contributed by atoms with Crippen molar-refractivity contribution in [2.75, 3.05) is 17.8 Å². The number of pyridine rings is 1. The van der Waals surface area contributed by atoms with Gasteiger partial charge in [-0.1, -0.05) is 0 Å². The van der Waals surface area contributed by atoms with E-state index >= 15 is 0 Å². The molecule has 0 amide bonds. The van der Waals surface area contributed by atoms with Gasteiger partial charge >= 0.3 is 0 Å². The van der Waals surface area contributed by atoms with Crippen LogP contribution in [0.25, 0.3) is 0 Å².